The Morgan fingerprint density at radius 1 is 0.800 bits per heavy atom. The van der Waals surface area contributed by atoms with Gasteiger partial charge < -0.3 is 5.32 Å². The molecule has 4 rings (SSSR count). The molecule has 1 N–H and O–H groups in total. The molecule has 3 aromatic carbocycles. The summed E-state index contributed by atoms with van der Waals surface area (Å²) in [6.07, 6.45) is -1.33. The van der Waals surface area contributed by atoms with Crippen molar-refractivity contribution in [3.8, 4) is 0 Å². The molecule has 0 saturated carbocycles. The van der Waals surface area contributed by atoms with E-state index >= 15 is 0 Å². The summed E-state index contributed by atoms with van der Waals surface area (Å²) < 4.78 is 82.0. The minimum absolute atomic E-state index is 0.0348. The highest BCUT2D eigenvalue weighted by atomic mass is 32.2. The zero-order chi connectivity index (χ0) is 28.8. The Morgan fingerprint density at radius 3 is 1.98 bits per heavy atom. The third-order valence-electron chi connectivity index (χ3n) is 5.86. The topological polar surface area (TPSA) is 65.5 Å². The number of sulfonamides is 1. The summed E-state index contributed by atoms with van der Waals surface area (Å²) in [4.78, 5) is 3.93. The molecule has 0 fully saturated rings. The fourth-order valence-electron chi connectivity index (χ4n) is 3.75. The number of pyridine rings is 1. The van der Waals surface area contributed by atoms with Crippen LogP contribution in [0.15, 0.2) is 108 Å². The maximum absolute atomic E-state index is 14.0. The van der Waals surface area contributed by atoms with E-state index < -0.39 is 27.6 Å². The molecule has 6 nitrogen and oxygen atoms in total. The number of halogens is 4. The number of alkyl halides is 3. The second-order valence-corrected chi connectivity index (χ2v) is 10.9. The maximum Gasteiger partial charge on any atom is 0.416 e. The van der Waals surface area contributed by atoms with Crippen molar-refractivity contribution >= 4 is 27.4 Å². The molecule has 0 amide bonds. The second kappa shape index (κ2) is 12.5. The lowest BCUT2D eigenvalue weighted by molar-refractivity contribution is -0.137. The van der Waals surface area contributed by atoms with Crippen LogP contribution in [0.5, 0.6) is 0 Å². The largest absolute Gasteiger partial charge is 0.416 e. The summed E-state index contributed by atoms with van der Waals surface area (Å²) in [5, 5.41) is 4.39. The Balaban J connectivity index is 1.75. The highest BCUT2D eigenvalue weighted by molar-refractivity contribution is 7.89. The predicted molar refractivity (Wildman–Crippen MR) is 146 cm³/mol. The predicted octanol–water partition coefficient (Wildman–Crippen LogP) is 5.92. The number of rotatable bonds is 9. The van der Waals surface area contributed by atoms with E-state index in [1.807, 2.05) is 0 Å². The van der Waals surface area contributed by atoms with Gasteiger partial charge in [-0.05, 0) is 77.4 Å². The Morgan fingerprint density at radius 2 is 1.38 bits per heavy atom. The van der Waals surface area contributed by atoms with Gasteiger partial charge in [-0.1, -0.05) is 42.5 Å². The van der Waals surface area contributed by atoms with Gasteiger partial charge >= 0.3 is 6.18 Å². The van der Waals surface area contributed by atoms with E-state index in [2.05, 4.69) is 10.3 Å². The Bertz CT molecular complexity index is 1520. The van der Waals surface area contributed by atoms with Gasteiger partial charge in [-0.2, -0.15) is 13.2 Å². The van der Waals surface area contributed by atoms with Crippen LogP contribution in [0.4, 0.5) is 17.6 Å². The average Bonchev–Trinajstić information content (AvgIpc) is 2.95. The van der Waals surface area contributed by atoms with E-state index in [0.717, 1.165) is 22.1 Å². The maximum atomic E-state index is 14.0. The number of nitrogens with zero attached hydrogens (tertiary/aromatic N) is 3. The Labute approximate surface area is 234 Å². The molecule has 0 spiro atoms. The SMILES string of the molecule is O=S(=O)(c1ccccc1)N(Cc1ccc(C(F)(F)F)cc1)N(Cc1ccc(F)cc1)C(=S)NCc1ccncc1. The lowest BCUT2D eigenvalue weighted by Gasteiger charge is -2.36. The van der Waals surface area contributed by atoms with E-state index in [-0.39, 0.29) is 29.6 Å². The van der Waals surface area contributed by atoms with Crippen LogP contribution in [-0.4, -0.2) is 27.9 Å². The third kappa shape index (κ3) is 7.40. The molecule has 12 heteroatoms. The van der Waals surface area contributed by atoms with Crippen molar-refractivity contribution in [1.29, 1.82) is 0 Å². The molecule has 0 aliphatic rings. The van der Waals surface area contributed by atoms with Gasteiger partial charge in [0.15, 0.2) is 5.11 Å². The molecular formula is C28H24F4N4O2S2. The highest BCUT2D eigenvalue weighted by Gasteiger charge is 2.33. The first-order valence-electron chi connectivity index (χ1n) is 12.0. The molecule has 0 unspecified atom stereocenters. The molecule has 0 atom stereocenters. The normalized spacial score (nSPS) is 11.8. The van der Waals surface area contributed by atoms with Gasteiger partial charge in [0.1, 0.15) is 5.82 Å². The first-order valence-corrected chi connectivity index (χ1v) is 13.8. The summed E-state index contributed by atoms with van der Waals surface area (Å²) in [6, 6.07) is 20.9. The standard InChI is InChI=1S/C28H24F4N4O2S2/c29-25-12-8-22(9-13-25)19-35(27(39)34-18-21-14-16-33-17-15-21)36(40(37,38)26-4-2-1-3-5-26)20-23-6-10-24(11-7-23)28(30,31)32/h1-17H,18-20H2,(H,34,39). The molecule has 0 aliphatic heterocycles. The average molecular weight is 589 g/mol. The monoisotopic (exact) mass is 588 g/mol. The van der Waals surface area contributed by atoms with Crippen molar-refractivity contribution in [2.24, 2.45) is 0 Å². The quantitative estimate of drug-likeness (QED) is 0.149. The van der Waals surface area contributed by atoms with Crippen molar-refractivity contribution in [2.75, 3.05) is 0 Å². The van der Waals surface area contributed by atoms with Crippen LogP contribution in [0.3, 0.4) is 0 Å². The lowest BCUT2D eigenvalue weighted by atomic mass is 10.1. The molecule has 0 bridgehead atoms. The van der Waals surface area contributed by atoms with E-state index in [1.54, 1.807) is 42.7 Å². The van der Waals surface area contributed by atoms with Crippen LogP contribution < -0.4 is 5.32 Å². The molecule has 0 saturated heterocycles. The molecule has 4 aromatic rings. The van der Waals surface area contributed by atoms with Crippen LogP contribution in [0.1, 0.15) is 22.3 Å². The fraction of sp³-hybridized carbons (Fsp3) is 0.143. The minimum atomic E-state index is -4.54. The number of hydrogen-bond donors (Lipinski definition) is 1. The zero-order valence-electron chi connectivity index (χ0n) is 20.9. The fourth-order valence-corrected chi connectivity index (χ4v) is 5.50. The van der Waals surface area contributed by atoms with Crippen molar-refractivity contribution in [1.82, 2.24) is 19.7 Å². The summed E-state index contributed by atoms with van der Waals surface area (Å²) in [5.41, 5.74) is 0.828. The van der Waals surface area contributed by atoms with Crippen LogP contribution in [0.25, 0.3) is 0 Å². The molecular weight excluding hydrogens is 564 g/mol. The minimum Gasteiger partial charge on any atom is -0.357 e. The van der Waals surface area contributed by atoms with Gasteiger partial charge in [0, 0.05) is 18.9 Å². The molecule has 1 aromatic heterocycles. The lowest BCUT2D eigenvalue weighted by Crippen LogP contribution is -2.52. The van der Waals surface area contributed by atoms with Gasteiger partial charge in [-0.25, -0.2) is 12.8 Å². The van der Waals surface area contributed by atoms with Crippen molar-refractivity contribution in [2.45, 2.75) is 30.7 Å². The smallest absolute Gasteiger partial charge is 0.357 e. The van der Waals surface area contributed by atoms with Crippen molar-refractivity contribution in [3.63, 3.8) is 0 Å². The zero-order valence-corrected chi connectivity index (χ0v) is 22.6. The highest BCUT2D eigenvalue weighted by Crippen LogP contribution is 2.30. The van der Waals surface area contributed by atoms with Gasteiger partial charge in [0.25, 0.3) is 10.0 Å². The summed E-state index contributed by atoms with van der Waals surface area (Å²) in [7, 11) is -4.27. The van der Waals surface area contributed by atoms with Gasteiger partial charge in [-0.3, -0.25) is 9.99 Å². The number of hydrogen-bond acceptors (Lipinski definition) is 4. The number of benzene rings is 3. The van der Waals surface area contributed by atoms with Gasteiger partial charge in [-0.15, -0.1) is 4.41 Å². The van der Waals surface area contributed by atoms with Crippen LogP contribution in [-0.2, 0) is 35.8 Å². The summed E-state index contributed by atoms with van der Waals surface area (Å²) in [5.74, 6) is -0.466. The van der Waals surface area contributed by atoms with Crippen molar-refractivity contribution < 1.29 is 26.0 Å². The molecule has 0 radical (unpaired) electrons. The number of nitrogens with one attached hydrogen (secondary N) is 1. The molecule has 40 heavy (non-hydrogen) atoms. The van der Waals surface area contributed by atoms with Crippen LogP contribution in [0, 0.1) is 5.82 Å². The Kier molecular flexibility index (Phi) is 9.13. The van der Waals surface area contributed by atoms with Crippen molar-refractivity contribution in [3.05, 3.63) is 131 Å². The van der Waals surface area contributed by atoms with Gasteiger partial charge in [0.2, 0.25) is 0 Å². The van der Waals surface area contributed by atoms with E-state index in [1.165, 1.54) is 53.5 Å². The van der Waals surface area contributed by atoms with E-state index in [9.17, 15) is 26.0 Å². The van der Waals surface area contributed by atoms with Crippen LogP contribution in [0.2, 0.25) is 0 Å². The first kappa shape index (κ1) is 29.1. The van der Waals surface area contributed by atoms with E-state index in [4.69, 9.17) is 12.2 Å². The second-order valence-electron chi connectivity index (χ2n) is 8.69. The third-order valence-corrected chi connectivity index (χ3v) is 7.96. The molecule has 208 valence electrons. The molecule has 0 aliphatic carbocycles. The Hall–Kier alpha value is -3.87. The number of thiocarbonyl (C=S) groups is 1. The van der Waals surface area contributed by atoms with E-state index in [0.29, 0.717) is 11.1 Å². The summed E-state index contributed by atoms with van der Waals surface area (Å²) >= 11 is 5.65. The number of aromatic nitrogens is 1. The van der Waals surface area contributed by atoms with Crippen LogP contribution >= 0.6 is 12.2 Å². The first-order chi connectivity index (χ1) is 19.0. The number of hydrazine groups is 1. The van der Waals surface area contributed by atoms with Gasteiger partial charge in [0.05, 0.1) is 23.5 Å². The summed E-state index contributed by atoms with van der Waals surface area (Å²) in [6.45, 7) is -0.149. The molecule has 1 heterocycles.